The van der Waals surface area contributed by atoms with E-state index in [0.717, 1.165) is 43.1 Å². The minimum Gasteiger partial charge on any atom is -0.473 e. The number of nitrogens with one attached hydrogen (secondary N) is 1. The Morgan fingerprint density at radius 3 is 2.81 bits per heavy atom. The minimum atomic E-state index is 0. The highest BCUT2D eigenvalue weighted by Crippen LogP contribution is 2.26. The van der Waals surface area contributed by atoms with Gasteiger partial charge in [-0.15, -0.1) is 24.0 Å². The first-order valence-corrected chi connectivity index (χ1v) is 10.8. The number of halogens is 1. The third kappa shape index (κ3) is 6.44. The van der Waals surface area contributed by atoms with E-state index in [4.69, 9.17) is 9.73 Å². The van der Waals surface area contributed by atoms with Crippen LogP contribution in [0, 0.1) is 0 Å². The number of aryl methyl sites for hydroxylation is 1. The normalized spacial score (nSPS) is 16.0. The quantitative estimate of drug-likeness (QED) is 0.276. The number of likely N-dealkylation sites (tertiary alicyclic amines) is 1. The van der Waals surface area contributed by atoms with E-state index in [1.807, 2.05) is 60.4 Å². The van der Waals surface area contributed by atoms with Crippen molar-refractivity contribution in [2.24, 2.45) is 12.0 Å². The number of hydrogen-bond acceptors (Lipinski definition) is 4. The second kappa shape index (κ2) is 11.8. The molecule has 1 unspecified atom stereocenters. The van der Waals surface area contributed by atoms with Crippen LogP contribution in [0.2, 0.25) is 0 Å². The number of nitrogens with zero attached hydrogens (tertiary/aromatic N) is 5. The highest BCUT2D eigenvalue weighted by molar-refractivity contribution is 14.0. The van der Waals surface area contributed by atoms with Crippen LogP contribution in [-0.4, -0.2) is 45.3 Å². The van der Waals surface area contributed by atoms with E-state index in [0.29, 0.717) is 24.9 Å². The van der Waals surface area contributed by atoms with Crippen molar-refractivity contribution in [3.63, 3.8) is 0 Å². The summed E-state index contributed by atoms with van der Waals surface area (Å²) in [6.07, 6.45) is 6.99. The number of aliphatic imine (C=N–C) groups is 1. The summed E-state index contributed by atoms with van der Waals surface area (Å²) in [4.78, 5) is 11.6. The van der Waals surface area contributed by atoms with E-state index in [9.17, 15) is 0 Å². The Kier molecular flexibility index (Phi) is 8.90. The van der Waals surface area contributed by atoms with E-state index in [1.54, 1.807) is 6.20 Å². The van der Waals surface area contributed by atoms with Gasteiger partial charge in [0.1, 0.15) is 6.61 Å². The van der Waals surface area contributed by atoms with Crippen molar-refractivity contribution >= 4 is 29.9 Å². The van der Waals surface area contributed by atoms with Gasteiger partial charge >= 0.3 is 0 Å². The average molecular weight is 546 g/mol. The van der Waals surface area contributed by atoms with Crippen molar-refractivity contribution in [1.29, 1.82) is 0 Å². The Balaban J connectivity index is 0.00000289. The van der Waals surface area contributed by atoms with Crippen LogP contribution >= 0.6 is 24.0 Å². The second-order valence-corrected chi connectivity index (χ2v) is 7.83. The molecule has 1 fully saturated rings. The average Bonchev–Trinajstić information content (AvgIpc) is 3.45. The maximum Gasteiger partial charge on any atom is 0.213 e. The zero-order chi connectivity index (χ0) is 21.5. The van der Waals surface area contributed by atoms with Gasteiger partial charge in [-0.2, -0.15) is 5.10 Å². The molecule has 1 aliphatic heterocycles. The molecule has 0 aliphatic carbocycles. The first-order valence-electron chi connectivity index (χ1n) is 10.8. The fourth-order valence-electron chi connectivity index (χ4n) is 3.83. The van der Waals surface area contributed by atoms with Crippen LogP contribution in [0.15, 0.2) is 66.0 Å². The summed E-state index contributed by atoms with van der Waals surface area (Å²) in [6, 6.07) is 14.1. The number of hydrogen-bond donors (Lipinski definition) is 1. The summed E-state index contributed by atoms with van der Waals surface area (Å²) in [6.45, 7) is 5.99. The van der Waals surface area contributed by atoms with Gasteiger partial charge in [-0.1, -0.05) is 30.3 Å². The maximum absolute atomic E-state index is 5.86. The summed E-state index contributed by atoms with van der Waals surface area (Å²) in [5.41, 5.74) is 3.51. The third-order valence-corrected chi connectivity index (χ3v) is 5.46. The predicted molar refractivity (Wildman–Crippen MR) is 137 cm³/mol. The molecule has 32 heavy (non-hydrogen) atoms. The summed E-state index contributed by atoms with van der Waals surface area (Å²) >= 11 is 0. The SMILES string of the molecule is CCNC(=NCc1ccnc(OCc2ccccc2)c1)N1CCC(c2cnn(C)c2)C1.I. The van der Waals surface area contributed by atoms with Gasteiger partial charge in [0.25, 0.3) is 0 Å². The molecule has 1 aromatic carbocycles. The molecule has 1 aliphatic rings. The maximum atomic E-state index is 5.86. The van der Waals surface area contributed by atoms with Crippen LogP contribution in [0.5, 0.6) is 5.88 Å². The number of ether oxygens (including phenoxy) is 1. The molecule has 3 heterocycles. The van der Waals surface area contributed by atoms with Gasteiger partial charge < -0.3 is 15.0 Å². The highest BCUT2D eigenvalue weighted by atomic mass is 127. The van der Waals surface area contributed by atoms with Gasteiger partial charge in [-0.05, 0) is 36.1 Å². The first-order chi connectivity index (χ1) is 15.2. The summed E-state index contributed by atoms with van der Waals surface area (Å²) in [5, 5.41) is 7.76. The van der Waals surface area contributed by atoms with E-state index in [1.165, 1.54) is 5.56 Å². The summed E-state index contributed by atoms with van der Waals surface area (Å²) in [5.74, 6) is 2.08. The zero-order valence-corrected chi connectivity index (χ0v) is 21.0. The van der Waals surface area contributed by atoms with Crippen LogP contribution in [0.3, 0.4) is 0 Å². The molecule has 3 aromatic rings. The van der Waals surface area contributed by atoms with Crippen molar-refractivity contribution in [1.82, 2.24) is 25.0 Å². The molecule has 0 radical (unpaired) electrons. The van der Waals surface area contributed by atoms with Crippen molar-refractivity contribution in [2.45, 2.75) is 32.4 Å². The van der Waals surface area contributed by atoms with Crippen LogP contribution in [0.1, 0.15) is 36.0 Å². The molecule has 2 aromatic heterocycles. The lowest BCUT2D eigenvalue weighted by Crippen LogP contribution is -2.40. The number of benzene rings is 1. The lowest BCUT2D eigenvalue weighted by Gasteiger charge is -2.21. The van der Waals surface area contributed by atoms with Gasteiger partial charge in [0.15, 0.2) is 5.96 Å². The molecular formula is C24H31IN6O. The summed E-state index contributed by atoms with van der Waals surface area (Å²) in [7, 11) is 1.97. The highest BCUT2D eigenvalue weighted by Gasteiger charge is 2.26. The Morgan fingerprint density at radius 2 is 2.06 bits per heavy atom. The number of rotatable bonds is 7. The van der Waals surface area contributed by atoms with Crippen molar-refractivity contribution < 1.29 is 4.74 Å². The Bertz CT molecular complexity index is 1010. The van der Waals surface area contributed by atoms with Crippen molar-refractivity contribution in [2.75, 3.05) is 19.6 Å². The fourth-order valence-corrected chi connectivity index (χ4v) is 3.83. The molecule has 170 valence electrons. The Morgan fingerprint density at radius 1 is 1.22 bits per heavy atom. The zero-order valence-electron chi connectivity index (χ0n) is 18.6. The molecule has 1 atom stereocenters. The Hall–Kier alpha value is -2.62. The largest absolute Gasteiger partial charge is 0.473 e. The standard InChI is InChI=1S/C24H30N6O.HI/c1-3-25-24(30-12-10-21(17-30)22-15-28-29(2)16-22)27-14-20-9-11-26-23(13-20)31-18-19-7-5-4-6-8-19;/h4-9,11,13,15-16,21H,3,10,12,14,17-18H2,1-2H3,(H,25,27);1H. The molecule has 1 saturated heterocycles. The Labute approximate surface area is 206 Å². The van der Waals surface area contributed by atoms with Crippen LogP contribution in [0.25, 0.3) is 0 Å². The summed E-state index contributed by atoms with van der Waals surface area (Å²) < 4.78 is 7.73. The van der Waals surface area contributed by atoms with E-state index < -0.39 is 0 Å². The first kappa shape index (κ1) is 24.0. The molecule has 0 amide bonds. The molecule has 7 nitrogen and oxygen atoms in total. The lowest BCUT2D eigenvalue weighted by molar-refractivity contribution is 0.293. The lowest BCUT2D eigenvalue weighted by atomic mass is 10.0. The monoisotopic (exact) mass is 546 g/mol. The van der Waals surface area contributed by atoms with E-state index in [2.05, 4.69) is 33.4 Å². The molecular weight excluding hydrogens is 515 g/mol. The van der Waals surface area contributed by atoms with E-state index >= 15 is 0 Å². The van der Waals surface area contributed by atoms with Gasteiger partial charge in [0.2, 0.25) is 5.88 Å². The van der Waals surface area contributed by atoms with Crippen LogP contribution in [-0.2, 0) is 20.2 Å². The van der Waals surface area contributed by atoms with Crippen LogP contribution in [0.4, 0.5) is 0 Å². The van der Waals surface area contributed by atoms with Gasteiger partial charge in [-0.25, -0.2) is 9.98 Å². The second-order valence-electron chi connectivity index (χ2n) is 7.83. The van der Waals surface area contributed by atoms with E-state index in [-0.39, 0.29) is 24.0 Å². The van der Waals surface area contributed by atoms with Crippen LogP contribution < -0.4 is 10.1 Å². The van der Waals surface area contributed by atoms with Crippen molar-refractivity contribution in [3.8, 4) is 5.88 Å². The smallest absolute Gasteiger partial charge is 0.213 e. The molecule has 1 N–H and O–H groups in total. The molecule has 0 saturated carbocycles. The molecule has 0 bridgehead atoms. The topological polar surface area (TPSA) is 67.6 Å². The molecule has 8 heteroatoms. The van der Waals surface area contributed by atoms with Gasteiger partial charge in [-0.3, -0.25) is 4.68 Å². The third-order valence-electron chi connectivity index (χ3n) is 5.46. The van der Waals surface area contributed by atoms with Gasteiger partial charge in [0, 0.05) is 51.1 Å². The minimum absolute atomic E-state index is 0. The number of aromatic nitrogens is 3. The van der Waals surface area contributed by atoms with Crippen molar-refractivity contribution in [3.05, 3.63) is 77.7 Å². The predicted octanol–water partition coefficient (Wildman–Crippen LogP) is 3.97. The number of guanidine groups is 1. The molecule has 4 rings (SSSR count). The molecule has 0 spiro atoms. The van der Waals surface area contributed by atoms with Gasteiger partial charge in [0.05, 0.1) is 12.7 Å². The fraction of sp³-hybridized carbons (Fsp3) is 0.375. The number of pyridine rings is 1.